The number of nitrogens with zero attached hydrogens (tertiary/aromatic N) is 4. The third-order valence-corrected chi connectivity index (χ3v) is 4.17. The van der Waals surface area contributed by atoms with E-state index in [1.54, 1.807) is 0 Å². The van der Waals surface area contributed by atoms with Crippen molar-refractivity contribution in [3.8, 4) is 22.8 Å². The second-order valence-corrected chi connectivity index (χ2v) is 10.6. The second-order valence-electron chi connectivity index (χ2n) is 6.93. The average Bonchev–Trinajstić information content (AvgIpc) is 2.77. The zero-order valence-corrected chi connectivity index (χ0v) is 21.9. The molecule has 0 unspecified atom stereocenters. The molecule has 31 heavy (non-hydrogen) atoms. The van der Waals surface area contributed by atoms with Crippen molar-refractivity contribution in [2.45, 2.75) is 27.7 Å². The Bertz CT molecular complexity index is 863. The van der Waals surface area contributed by atoms with Gasteiger partial charge in [-0.2, -0.15) is 0 Å². The fourth-order valence-corrected chi connectivity index (χ4v) is 2.48. The number of aromatic nitrogens is 4. The van der Waals surface area contributed by atoms with Crippen molar-refractivity contribution >= 4 is 19.3 Å². The van der Waals surface area contributed by atoms with E-state index in [4.69, 9.17) is 19.3 Å². The molecule has 0 aromatic carbocycles. The zero-order chi connectivity index (χ0) is 22.6. The van der Waals surface area contributed by atoms with Crippen LogP contribution in [0.25, 0.3) is 22.8 Å². The molecule has 0 atom stereocenters. The first-order valence-corrected chi connectivity index (χ1v) is 15.8. The molecule has 4 aromatic rings. The number of rotatable bonds is 2. The van der Waals surface area contributed by atoms with Gasteiger partial charge in [0.1, 0.15) is 0 Å². The predicted molar refractivity (Wildman–Crippen MR) is 126 cm³/mol. The van der Waals surface area contributed by atoms with E-state index in [1.165, 1.54) is 22.3 Å². The molecule has 4 nitrogen and oxygen atoms in total. The summed E-state index contributed by atoms with van der Waals surface area (Å²) in [7, 11) is 9.81. The van der Waals surface area contributed by atoms with E-state index in [9.17, 15) is 0 Å². The maximum atomic E-state index is 4.90. The Morgan fingerprint density at radius 3 is 0.774 bits per heavy atom. The Hall–Kier alpha value is -2.18. The minimum atomic E-state index is -0.639. The molecule has 0 aliphatic carbocycles. The molecule has 0 aliphatic rings. The van der Waals surface area contributed by atoms with Gasteiger partial charge in [-0.15, -0.1) is 0 Å². The minimum absolute atomic E-state index is 0.639. The van der Waals surface area contributed by atoms with Gasteiger partial charge in [0, 0.05) is 24.8 Å². The quantitative estimate of drug-likeness (QED) is 0.242. The van der Waals surface area contributed by atoms with Crippen molar-refractivity contribution in [1.82, 2.24) is 19.9 Å². The summed E-state index contributed by atoms with van der Waals surface area (Å²) >= 11 is -0.639. The number of halogens is 2. The summed E-state index contributed by atoms with van der Waals surface area (Å²) in [6, 6.07) is 16.2. The number of hydrogen-bond acceptors (Lipinski definition) is 4. The van der Waals surface area contributed by atoms with E-state index in [0.717, 1.165) is 22.8 Å². The van der Waals surface area contributed by atoms with Gasteiger partial charge >= 0.3 is 34.7 Å². The summed E-state index contributed by atoms with van der Waals surface area (Å²) in [6.07, 6.45) is 7.43. The van der Waals surface area contributed by atoms with Crippen LogP contribution in [0.1, 0.15) is 22.3 Å². The van der Waals surface area contributed by atoms with Crippen molar-refractivity contribution in [3.63, 3.8) is 0 Å². The monoisotopic (exact) mass is 630 g/mol. The van der Waals surface area contributed by atoms with Gasteiger partial charge in [-0.05, 0) is 74.2 Å². The zero-order valence-electron chi connectivity index (χ0n) is 17.8. The molecule has 0 aliphatic heterocycles. The molecule has 0 spiro atoms. The molecule has 0 N–H and O–H groups in total. The first-order chi connectivity index (χ1) is 14.9. The molecule has 0 bridgehead atoms. The van der Waals surface area contributed by atoms with E-state index in [0.29, 0.717) is 0 Å². The van der Waals surface area contributed by atoms with Gasteiger partial charge in [0.25, 0.3) is 0 Å². The summed E-state index contributed by atoms with van der Waals surface area (Å²) in [4.78, 5) is 17.3. The molecule has 0 saturated heterocycles. The first kappa shape index (κ1) is 25.1. The Morgan fingerprint density at radius 2 is 0.645 bits per heavy atom. The van der Waals surface area contributed by atoms with Crippen molar-refractivity contribution in [3.05, 3.63) is 95.6 Å². The predicted octanol–water partition coefficient (Wildman–Crippen LogP) is 6.90. The van der Waals surface area contributed by atoms with Crippen LogP contribution in [-0.2, 0) is 15.4 Å². The van der Waals surface area contributed by atoms with Crippen LogP contribution in [0, 0.1) is 27.7 Å². The molecule has 7 heteroatoms. The summed E-state index contributed by atoms with van der Waals surface area (Å²) in [5.74, 6) is 0. The van der Waals surface area contributed by atoms with Crippen molar-refractivity contribution < 1.29 is 15.4 Å². The third-order valence-electron chi connectivity index (χ3n) is 4.17. The van der Waals surface area contributed by atoms with Crippen LogP contribution in [0.5, 0.6) is 0 Å². The van der Waals surface area contributed by atoms with Gasteiger partial charge in [-0.1, -0.05) is 24.3 Å². The molecular formula is C24H24Cl2N4Os. The third kappa shape index (κ3) is 8.83. The molecule has 0 radical (unpaired) electrons. The summed E-state index contributed by atoms with van der Waals surface area (Å²) in [6.45, 7) is 8.11. The normalized spacial score (nSPS) is 9.87. The standard InChI is InChI=1S/2C12H12N2.2ClH.Os/c2*1-9-3-5-11(13-7-9)12-6-4-10(2)8-14-12;;;/h2*3-8H,1-2H3;2*1H;/q;;;;+2/p-2. The maximum absolute atomic E-state index is 4.90. The summed E-state index contributed by atoms with van der Waals surface area (Å²) in [5, 5.41) is 0. The fraction of sp³-hybridized carbons (Fsp3) is 0.167. The topological polar surface area (TPSA) is 51.6 Å². The van der Waals surface area contributed by atoms with Gasteiger partial charge in [-0.3, -0.25) is 19.9 Å². The van der Waals surface area contributed by atoms with Crippen LogP contribution in [0.15, 0.2) is 73.3 Å². The number of hydrogen-bond donors (Lipinski definition) is 0. The molecule has 0 amide bonds. The van der Waals surface area contributed by atoms with Crippen LogP contribution < -0.4 is 0 Å². The van der Waals surface area contributed by atoms with Crippen LogP contribution in [0.2, 0.25) is 0 Å². The molecule has 0 fully saturated rings. The number of pyridine rings is 4. The van der Waals surface area contributed by atoms with E-state index >= 15 is 0 Å². The number of aryl methyl sites for hydroxylation is 4. The van der Waals surface area contributed by atoms with Gasteiger partial charge in [-0.25, -0.2) is 0 Å². The van der Waals surface area contributed by atoms with Crippen LogP contribution in [-0.4, -0.2) is 19.9 Å². The van der Waals surface area contributed by atoms with Gasteiger partial charge in [0.2, 0.25) is 0 Å². The Morgan fingerprint density at radius 1 is 0.452 bits per heavy atom. The van der Waals surface area contributed by atoms with E-state index in [2.05, 4.69) is 19.9 Å². The summed E-state index contributed by atoms with van der Waals surface area (Å²) < 4.78 is 0. The van der Waals surface area contributed by atoms with Crippen LogP contribution in [0.3, 0.4) is 0 Å². The van der Waals surface area contributed by atoms with E-state index in [-0.39, 0.29) is 0 Å². The SMILES string of the molecule is Cc1ccc(-c2ccc(C)cn2)nc1.Cc1ccc(-c2ccc(C)cn2)nc1.[Cl][Os][Cl]. The Balaban J connectivity index is 0.000000196. The molecule has 4 rings (SSSR count). The van der Waals surface area contributed by atoms with Gasteiger partial charge in [0.05, 0.1) is 22.8 Å². The first-order valence-electron chi connectivity index (χ1n) is 9.49. The fourth-order valence-electron chi connectivity index (χ4n) is 2.48. The van der Waals surface area contributed by atoms with Gasteiger partial charge in [0.15, 0.2) is 0 Å². The Kier molecular flexibility index (Phi) is 10.7. The molecule has 162 valence electrons. The van der Waals surface area contributed by atoms with Crippen molar-refractivity contribution in [2.24, 2.45) is 0 Å². The Labute approximate surface area is 200 Å². The average molecular weight is 630 g/mol. The molecule has 4 heterocycles. The van der Waals surface area contributed by atoms with E-state index < -0.39 is 15.4 Å². The van der Waals surface area contributed by atoms with Gasteiger partial charge < -0.3 is 0 Å². The van der Waals surface area contributed by atoms with Crippen LogP contribution >= 0.6 is 19.3 Å². The molecular weight excluding hydrogens is 605 g/mol. The molecule has 4 aromatic heterocycles. The van der Waals surface area contributed by atoms with E-state index in [1.807, 2.05) is 101 Å². The van der Waals surface area contributed by atoms with Crippen LogP contribution in [0.4, 0.5) is 0 Å². The van der Waals surface area contributed by atoms with Crippen molar-refractivity contribution in [1.29, 1.82) is 0 Å². The van der Waals surface area contributed by atoms with Crippen molar-refractivity contribution in [2.75, 3.05) is 0 Å². The second kappa shape index (κ2) is 13.3. The summed E-state index contributed by atoms with van der Waals surface area (Å²) in [5.41, 5.74) is 8.38. The molecule has 0 saturated carbocycles.